The minimum absolute atomic E-state index is 0.769. The Bertz CT molecular complexity index is 168. The second-order valence-corrected chi connectivity index (χ2v) is 1.84. The summed E-state index contributed by atoms with van der Waals surface area (Å²) in [5, 5.41) is 0. The molecule has 0 aromatic rings. The Morgan fingerprint density at radius 3 is 2.50 bits per heavy atom. The molecule has 0 radical (unpaired) electrons. The fourth-order valence-electron chi connectivity index (χ4n) is 0.663. The molecule has 0 amide bonds. The van der Waals surface area contributed by atoms with Gasteiger partial charge in [0.15, 0.2) is 0 Å². The van der Waals surface area contributed by atoms with E-state index in [1.807, 2.05) is 6.92 Å². The van der Waals surface area contributed by atoms with Crippen LogP contribution < -0.4 is 0 Å². The van der Waals surface area contributed by atoms with Crippen molar-refractivity contribution in [3.8, 4) is 0 Å². The molecule has 0 rings (SSSR count). The fourth-order valence-corrected chi connectivity index (χ4v) is 0.663. The van der Waals surface area contributed by atoms with Crippen molar-refractivity contribution in [3.63, 3.8) is 0 Å². The van der Waals surface area contributed by atoms with Crippen molar-refractivity contribution in [1.29, 1.82) is 0 Å². The van der Waals surface area contributed by atoms with E-state index in [1.165, 1.54) is 0 Å². The summed E-state index contributed by atoms with van der Waals surface area (Å²) in [6, 6.07) is 0. The van der Waals surface area contributed by atoms with Crippen molar-refractivity contribution >= 4 is 6.21 Å². The average molecular weight is 139 g/mol. The number of hydrogen-bond donors (Lipinski definition) is 0. The fraction of sp³-hybridized carbons (Fsp3) is 0.375. The minimum atomic E-state index is 0.769. The van der Waals surface area contributed by atoms with Crippen molar-refractivity contribution in [2.75, 3.05) is 14.2 Å². The molecule has 10 heavy (non-hydrogen) atoms. The molecule has 0 spiro atoms. The molecule has 0 N–H and O–H groups in total. The van der Waals surface area contributed by atoms with Crippen LogP contribution >= 0.6 is 0 Å². The van der Waals surface area contributed by atoms with Crippen molar-refractivity contribution in [2.24, 2.45) is 4.99 Å². The molecule has 0 saturated carbocycles. The largest absolute Gasteiger partial charge is 0.496 e. The Kier molecular flexibility index (Phi) is 4.29. The summed E-state index contributed by atoms with van der Waals surface area (Å²) in [6.07, 6.45) is 3.40. The van der Waals surface area contributed by atoms with Crippen LogP contribution in [0.2, 0.25) is 0 Å². The molecule has 0 aliphatic rings. The van der Waals surface area contributed by atoms with Crippen LogP contribution in [0, 0.1) is 0 Å². The Morgan fingerprint density at radius 2 is 2.20 bits per heavy atom. The molecular formula is C8H13NO. The van der Waals surface area contributed by atoms with Crippen LogP contribution in [-0.2, 0) is 4.74 Å². The predicted molar refractivity (Wildman–Crippen MR) is 44.3 cm³/mol. The molecule has 0 aliphatic heterocycles. The number of allylic oxidation sites excluding steroid dienone is 2. The van der Waals surface area contributed by atoms with E-state index in [9.17, 15) is 0 Å². The number of methoxy groups -OCH3 is 1. The van der Waals surface area contributed by atoms with Crippen LogP contribution in [0.4, 0.5) is 0 Å². The van der Waals surface area contributed by atoms with Crippen molar-refractivity contribution in [2.45, 2.75) is 6.92 Å². The van der Waals surface area contributed by atoms with E-state index in [4.69, 9.17) is 4.74 Å². The summed E-state index contributed by atoms with van der Waals surface area (Å²) in [4.78, 5) is 3.84. The lowest BCUT2D eigenvalue weighted by molar-refractivity contribution is 0.304. The molecule has 0 aromatic heterocycles. The van der Waals surface area contributed by atoms with Gasteiger partial charge in [-0.3, -0.25) is 4.99 Å². The molecule has 56 valence electrons. The Balaban J connectivity index is 4.42. The summed E-state index contributed by atoms with van der Waals surface area (Å²) in [5.41, 5.74) is 0.986. The molecule has 2 heteroatoms. The normalized spacial score (nSPS) is 13.1. The highest BCUT2D eigenvalue weighted by atomic mass is 16.5. The summed E-state index contributed by atoms with van der Waals surface area (Å²) >= 11 is 0. The lowest BCUT2D eigenvalue weighted by Gasteiger charge is -2.00. The molecule has 0 aromatic carbocycles. The van der Waals surface area contributed by atoms with Gasteiger partial charge in [-0.15, -0.1) is 0 Å². The van der Waals surface area contributed by atoms with Crippen molar-refractivity contribution in [3.05, 3.63) is 24.0 Å². The zero-order valence-corrected chi connectivity index (χ0v) is 6.72. The SMILES string of the molecule is C=C/C(OC)=C(/C)C=NC. The van der Waals surface area contributed by atoms with Crippen LogP contribution in [0.5, 0.6) is 0 Å². The molecule has 0 unspecified atom stereocenters. The van der Waals surface area contributed by atoms with Crippen molar-refractivity contribution < 1.29 is 4.74 Å². The highest BCUT2D eigenvalue weighted by Crippen LogP contribution is 2.02. The van der Waals surface area contributed by atoms with Gasteiger partial charge >= 0.3 is 0 Å². The maximum atomic E-state index is 4.98. The Morgan fingerprint density at radius 1 is 1.60 bits per heavy atom. The number of rotatable bonds is 3. The molecule has 2 nitrogen and oxygen atoms in total. The van der Waals surface area contributed by atoms with Gasteiger partial charge in [0.2, 0.25) is 0 Å². The molecule has 0 fully saturated rings. The third-order valence-electron chi connectivity index (χ3n) is 1.12. The predicted octanol–water partition coefficient (Wildman–Crippen LogP) is 1.79. The molecule has 0 atom stereocenters. The van der Waals surface area contributed by atoms with Gasteiger partial charge in [-0.05, 0) is 13.0 Å². The lowest BCUT2D eigenvalue weighted by atomic mass is 10.3. The molecular weight excluding hydrogens is 126 g/mol. The van der Waals surface area contributed by atoms with Gasteiger partial charge in [0.05, 0.1) is 7.11 Å². The first-order valence-corrected chi connectivity index (χ1v) is 3.05. The smallest absolute Gasteiger partial charge is 0.122 e. The quantitative estimate of drug-likeness (QED) is 0.332. The standard InChI is InChI=1S/C8H13NO/c1-5-8(10-4)7(2)6-9-3/h5-6H,1H2,2-4H3/b8-7+,9-6?. The number of nitrogens with zero attached hydrogens (tertiary/aromatic N) is 1. The molecule has 0 aliphatic carbocycles. The maximum Gasteiger partial charge on any atom is 0.122 e. The average Bonchev–Trinajstić information content (AvgIpc) is 1.91. The van der Waals surface area contributed by atoms with Gasteiger partial charge < -0.3 is 4.74 Å². The van der Waals surface area contributed by atoms with Crippen LogP contribution in [-0.4, -0.2) is 20.4 Å². The van der Waals surface area contributed by atoms with Crippen LogP contribution in [0.1, 0.15) is 6.92 Å². The first-order valence-electron chi connectivity index (χ1n) is 3.05. The van der Waals surface area contributed by atoms with Crippen LogP contribution in [0.25, 0.3) is 0 Å². The summed E-state index contributed by atoms with van der Waals surface area (Å²) in [6.45, 7) is 5.51. The van der Waals surface area contributed by atoms with E-state index >= 15 is 0 Å². The maximum absolute atomic E-state index is 4.98. The molecule has 0 bridgehead atoms. The van der Waals surface area contributed by atoms with E-state index < -0.39 is 0 Å². The van der Waals surface area contributed by atoms with E-state index in [0.29, 0.717) is 0 Å². The van der Waals surface area contributed by atoms with Crippen LogP contribution in [0.3, 0.4) is 0 Å². The van der Waals surface area contributed by atoms with Crippen LogP contribution in [0.15, 0.2) is 29.0 Å². The number of ether oxygens (including phenoxy) is 1. The van der Waals surface area contributed by atoms with Gasteiger partial charge in [0.1, 0.15) is 5.76 Å². The van der Waals surface area contributed by atoms with E-state index in [2.05, 4.69) is 11.6 Å². The first kappa shape index (κ1) is 8.95. The summed E-state index contributed by atoms with van der Waals surface area (Å²) in [7, 11) is 3.34. The highest BCUT2D eigenvalue weighted by molar-refractivity contribution is 5.78. The van der Waals surface area contributed by atoms with Gasteiger partial charge in [-0.25, -0.2) is 0 Å². The van der Waals surface area contributed by atoms with E-state index in [-0.39, 0.29) is 0 Å². The second-order valence-electron chi connectivity index (χ2n) is 1.84. The second kappa shape index (κ2) is 4.79. The van der Waals surface area contributed by atoms with Gasteiger partial charge in [-0.1, -0.05) is 6.58 Å². The Labute approximate surface area is 61.9 Å². The summed E-state index contributed by atoms with van der Waals surface area (Å²) < 4.78 is 4.98. The zero-order valence-electron chi connectivity index (χ0n) is 6.72. The van der Waals surface area contributed by atoms with E-state index in [1.54, 1.807) is 26.4 Å². The zero-order chi connectivity index (χ0) is 7.98. The van der Waals surface area contributed by atoms with Gasteiger partial charge in [-0.2, -0.15) is 0 Å². The Hall–Kier alpha value is -1.05. The number of hydrogen-bond acceptors (Lipinski definition) is 2. The monoisotopic (exact) mass is 139 g/mol. The molecule has 0 heterocycles. The lowest BCUT2D eigenvalue weighted by Crippen LogP contribution is -1.88. The van der Waals surface area contributed by atoms with Gasteiger partial charge in [0, 0.05) is 18.8 Å². The topological polar surface area (TPSA) is 21.6 Å². The van der Waals surface area contributed by atoms with Crippen molar-refractivity contribution in [1.82, 2.24) is 0 Å². The summed E-state index contributed by atoms with van der Waals surface area (Å²) in [5.74, 6) is 0.769. The van der Waals surface area contributed by atoms with Gasteiger partial charge in [0.25, 0.3) is 0 Å². The first-order chi connectivity index (χ1) is 4.76. The third kappa shape index (κ3) is 2.49. The van der Waals surface area contributed by atoms with E-state index in [0.717, 1.165) is 11.3 Å². The highest BCUT2D eigenvalue weighted by Gasteiger charge is 1.92. The molecule has 0 saturated heterocycles. The third-order valence-corrected chi connectivity index (χ3v) is 1.12. The minimum Gasteiger partial charge on any atom is -0.496 e. The number of aliphatic imine (C=N–C) groups is 1.